The standard InChI is InChI=1S/C26H33N3O5S/c1-4-19(3)27-25(31)22(5-2)28(18-20-12-7-6-8-13-20)24(30)16-11-17-29-26(32)21-14-9-10-15-23(21)35(29,33)34/h6-10,12-15,19,22H,4-5,11,16-18H2,1-3H3,(H,27,31). The van der Waals surface area contributed by atoms with Crippen LogP contribution in [0.1, 0.15) is 62.4 Å². The van der Waals surface area contributed by atoms with Gasteiger partial charge in [-0.15, -0.1) is 0 Å². The molecule has 0 bridgehead atoms. The molecule has 2 aromatic rings. The Bertz CT molecular complexity index is 1170. The third kappa shape index (κ3) is 5.90. The number of benzene rings is 2. The van der Waals surface area contributed by atoms with Gasteiger partial charge in [-0.25, -0.2) is 12.7 Å². The van der Waals surface area contributed by atoms with E-state index in [2.05, 4.69) is 5.32 Å². The van der Waals surface area contributed by atoms with Gasteiger partial charge in [0.2, 0.25) is 11.8 Å². The lowest BCUT2D eigenvalue weighted by Gasteiger charge is -2.31. The van der Waals surface area contributed by atoms with Crippen molar-refractivity contribution in [1.82, 2.24) is 14.5 Å². The van der Waals surface area contributed by atoms with Crippen molar-refractivity contribution < 1.29 is 22.8 Å². The molecule has 9 heteroatoms. The first-order valence-corrected chi connectivity index (χ1v) is 13.4. The fraction of sp³-hybridized carbons (Fsp3) is 0.423. The van der Waals surface area contributed by atoms with E-state index in [9.17, 15) is 22.8 Å². The van der Waals surface area contributed by atoms with E-state index in [1.54, 1.807) is 17.0 Å². The smallest absolute Gasteiger partial charge is 0.269 e. The Morgan fingerprint density at radius 2 is 1.66 bits per heavy atom. The second kappa shape index (κ2) is 11.5. The average molecular weight is 500 g/mol. The van der Waals surface area contributed by atoms with Crippen molar-refractivity contribution in [1.29, 1.82) is 0 Å². The van der Waals surface area contributed by atoms with Crippen LogP contribution in [0, 0.1) is 0 Å². The molecule has 0 aromatic heterocycles. The van der Waals surface area contributed by atoms with Crippen molar-refractivity contribution in [3.63, 3.8) is 0 Å². The number of rotatable bonds is 11. The Balaban J connectivity index is 1.73. The number of nitrogens with zero attached hydrogens (tertiary/aromatic N) is 2. The van der Waals surface area contributed by atoms with Gasteiger partial charge in [0, 0.05) is 25.6 Å². The number of nitrogens with one attached hydrogen (secondary N) is 1. The van der Waals surface area contributed by atoms with E-state index >= 15 is 0 Å². The van der Waals surface area contributed by atoms with Crippen molar-refractivity contribution in [2.75, 3.05) is 6.54 Å². The Hall–Kier alpha value is -3.20. The number of amides is 3. The third-order valence-corrected chi connectivity index (χ3v) is 8.09. The van der Waals surface area contributed by atoms with E-state index in [0.29, 0.717) is 6.42 Å². The molecule has 0 aliphatic carbocycles. The maximum atomic E-state index is 13.3. The first-order chi connectivity index (χ1) is 16.7. The van der Waals surface area contributed by atoms with Gasteiger partial charge in [-0.05, 0) is 43.9 Å². The summed E-state index contributed by atoms with van der Waals surface area (Å²) in [4.78, 5) is 40.5. The lowest BCUT2D eigenvalue weighted by Crippen LogP contribution is -2.50. The topological polar surface area (TPSA) is 104 Å². The molecule has 35 heavy (non-hydrogen) atoms. The molecule has 0 fully saturated rings. The van der Waals surface area contributed by atoms with Gasteiger partial charge in [-0.1, -0.05) is 56.3 Å². The molecule has 8 nitrogen and oxygen atoms in total. The van der Waals surface area contributed by atoms with Crippen LogP contribution in [0.15, 0.2) is 59.5 Å². The quantitative estimate of drug-likeness (QED) is 0.511. The van der Waals surface area contributed by atoms with Crippen molar-refractivity contribution in [2.45, 2.75) is 70.0 Å². The van der Waals surface area contributed by atoms with Gasteiger partial charge in [0.25, 0.3) is 15.9 Å². The van der Waals surface area contributed by atoms with E-state index in [-0.39, 0.29) is 54.2 Å². The minimum atomic E-state index is -3.92. The van der Waals surface area contributed by atoms with Gasteiger partial charge >= 0.3 is 0 Å². The molecule has 3 amide bonds. The highest BCUT2D eigenvalue weighted by atomic mass is 32.2. The maximum Gasteiger partial charge on any atom is 0.269 e. The molecule has 2 aromatic carbocycles. The molecule has 1 aliphatic rings. The van der Waals surface area contributed by atoms with Crippen molar-refractivity contribution >= 4 is 27.7 Å². The summed E-state index contributed by atoms with van der Waals surface area (Å²) in [5, 5.41) is 2.96. The van der Waals surface area contributed by atoms with Crippen molar-refractivity contribution in [2.24, 2.45) is 0 Å². The lowest BCUT2D eigenvalue weighted by molar-refractivity contribution is -0.141. The molecule has 2 atom stereocenters. The zero-order valence-corrected chi connectivity index (χ0v) is 21.3. The summed E-state index contributed by atoms with van der Waals surface area (Å²) in [6, 6.07) is 14.9. The molecular weight excluding hydrogens is 466 g/mol. The van der Waals surface area contributed by atoms with Gasteiger partial charge in [-0.2, -0.15) is 0 Å². The SMILES string of the molecule is CCC(C)NC(=O)C(CC)N(Cc1ccccc1)C(=O)CCCN1C(=O)c2ccccc2S1(=O)=O. The highest BCUT2D eigenvalue weighted by Gasteiger charge is 2.40. The van der Waals surface area contributed by atoms with Crippen LogP contribution in [0.3, 0.4) is 0 Å². The molecular formula is C26H33N3O5S. The highest BCUT2D eigenvalue weighted by Crippen LogP contribution is 2.30. The summed E-state index contributed by atoms with van der Waals surface area (Å²) in [5.74, 6) is -1.05. The van der Waals surface area contributed by atoms with Gasteiger partial charge in [0.15, 0.2) is 0 Å². The Labute approximate surface area is 207 Å². The van der Waals surface area contributed by atoms with E-state index in [1.807, 2.05) is 51.1 Å². The molecule has 3 rings (SSSR count). The van der Waals surface area contributed by atoms with Crippen LogP contribution < -0.4 is 5.32 Å². The zero-order chi connectivity index (χ0) is 25.6. The van der Waals surface area contributed by atoms with E-state index in [4.69, 9.17) is 0 Å². The third-order valence-electron chi connectivity index (χ3n) is 6.25. The summed E-state index contributed by atoms with van der Waals surface area (Å²) < 4.78 is 26.4. The molecule has 0 spiro atoms. The first-order valence-electron chi connectivity index (χ1n) is 12.0. The van der Waals surface area contributed by atoms with Gasteiger partial charge in [0.1, 0.15) is 10.9 Å². The van der Waals surface area contributed by atoms with Crippen LogP contribution in [-0.2, 0) is 26.2 Å². The minimum absolute atomic E-state index is 0.00482. The molecule has 1 heterocycles. The van der Waals surface area contributed by atoms with Crippen LogP contribution in [0.5, 0.6) is 0 Å². The zero-order valence-electron chi connectivity index (χ0n) is 20.4. The molecule has 0 saturated carbocycles. The summed E-state index contributed by atoms with van der Waals surface area (Å²) in [7, 11) is -3.92. The molecule has 1 N–H and O–H groups in total. The van der Waals surface area contributed by atoms with Crippen LogP contribution in [0.2, 0.25) is 0 Å². The number of fused-ring (bicyclic) bond motifs is 1. The maximum absolute atomic E-state index is 13.3. The highest BCUT2D eigenvalue weighted by molar-refractivity contribution is 7.90. The number of hydrogen-bond acceptors (Lipinski definition) is 5. The van der Waals surface area contributed by atoms with Crippen LogP contribution in [0.4, 0.5) is 0 Å². The summed E-state index contributed by atoms with van der Waals surface area (Å²) in [5.41, 5.74) is 1.04. The normalized spacial score (nSPS) is 15.9. The van der Waals surface area contributed by atoms with Crippen LogP contribution in [0.25, 0.3) is 0 Å². The summed E-state index contributed by atoms with van der Waals surface area (Å²) in [6.07, 6.45) is 1.38. The summed E-state index contributed by atoms with van der Waals surface area (Å²) >= 11 is 0. The van der Waals surface area contributed by atoms with E-state index in [1.165, 1.54) is 12.1 Å². The number of sulfonamides is 1. The molecule has 2 unspecified atom stereocenters. The fourth-order valence-corrected chi connectivity index (χ4v) is 5.72. The number of hydrogen-bond donors (Lipinski definition) is 1. The second-order valence-corrected chi connectivity index (χ2v) is 10.6. The first kappa shape index (κ1) is 26.4. The van der Waals surface area contributed by atoms with Crippen LogP contribution >= 0.6 is 0 Å². The number of carbonyl (C=O) groups excluding carboxylic acids is 3. The lowest BCUT2D eigenvalue weighted by atomic mass is 10.1. The minimum Gasteiger partial charge on any atom is -0.352 e. The monoisotopic (exact) mass is 499 g/mol. The van der Waals surface area contributed by atoms with Crippen molar-refractivity contribution in [3.05, 3.63) is 65.7 Å². The van der Waals surface area contributed by atoms with E-state index in [0.717, 1.165) is 16.3 Å². The molecule has 0 radical (unpaired) electrons. The van der Waals surface area contributed by atoms with Gasteiger partial charge in [-0.3, -0.25) is 14.4 Å². The predicted molar refractivity (Wildman–Crippen MR) is 133 cm³/mol. The van der Waals surface area contributed by atoms with Crippen molar-refractivity contribution in [3.8, 4) is 0 Å². The summed E-state index contributed by atoms with van der Waals surface area (Å²) in [6.45, 7) is 5.91. The largest absolute Gasteiger partial charge is 0.352 e. The Kier molecular flexibility index (Phi) is 8.67. The van der Waals surface area contributed by atoms with Crippen LogP contribution in [-0.4, -0.2) is 54.0 Å². The second-order valence-electron chi connectivity index (χ2n) is 8.73. The fourth-order valence-electron chi connectivity index (χ4n) is 4.11. The number of carbonyl (C=O) groups is 3. The molecule has 0 saturated heterocycles. The average Bonchev–Trinajstić information content (AvgIpc) is 3.05. The Morgan fingerprint density at radius 1 is 1.00 bits per heavy atom. The molecule has 1 aliphatic heterocycles. The Morgan fingerprint density at radius 3 is 2.29 bits per heavy atom. The predicted octanol–water partition coefficient (Wildman–Crippen LogP) is 3.33. The van der Waals surface area contributed by atoms with Gasteiger partial charge in [0.05, 0.1) is 5.56 Å². The van der Waals surface area contributed by atoms with Gasteiger partial charge < -0.3 is 10.2 Å². The van der Waals surface area contributed by atoms with E-state index < -0.39 is 22.0 Å². The molecule has 188 valence electrons.